The summed E-state index contributed by atoms with van der Waals surface area (Å²) in [5.74, 6) is 0.917. The Kier molecular flexibility index (Phi) is 6.83. The Morgan fingerprint density at radius 3 is 2.50 bits per heavy atom. The monoisotopic (exact) mass is 267 g/mol. The lowest BCUT2D eigenvalue weighted by atomic mass is 10.2. The first-order valence-corrected chi connectivity index (χ1v) is 7.20. The third-order valence-electron chi connectivity index (χ3n) is 2.39. The fourth-order valence-electron chi connectivity index (χ4n) is 1.65. The molecule has 0 aliphatic carbocycles. The van der Waals surface area contributed by atoms with Crippen LogP contribution in [0.25, 0.3) is 0 Å². The summed E-state index contributed by atoms with van der Waals surface area (Å²) in [5, 5.41) is 0. The molecule has 0 heterocycles. The van der Waals surface area contributed by atoms with Gasteiger partial charge in [-0.2, -0.15) is 0 Å². The van der Waals surface area contributed by atoms with Crippen LogP contribution in [0.15, 0.2) is 29.2 Å². The van der Waals surface area contributed by atoms with Crippen LogP contribution in [0.5, 0.6) is 0 Å². The number of hydrogen-bond donors (Lipinski definition) is 0. The van der Waals surface area contributed by atoms with E-state index in [0.717, 1.165) is 12.3 Å². The number of carbonyl (C=O) groups is 1. The number of nitrogens with zero attached hydrogens (tertiary/aromatic N) is 1. The highest BCUT2D eigenvalue weighted by Crippen LogP contribution is 2.18. The molecule has 1 aromatic carbocycles. The lowest BCUT2D eigenvalue weighted by Gasteiger charge is -2.15. The molecule has 100 valence electrons. The van der Waals surface area contributed by atoms with Gasteiger partial charge in [-0.3, -0.25) is 9.69 Å². The molecule has 0 bridgehead atoms. The highest BCUT2D eigenvalue weighted by molar-refractivity contribution is 7.99. The average Bonchev–Trinajstić information content (AvgIpc) is 2.32. The Bertz CT molecular complexity index is 365. The minimum absolute atomic E-state index is 0.168. The third-order valence-corrected chi connectivity index (χ3v) is 3.29. The highest BCUT2D eigenvalue weighted by atomic mass is 32.2. The van der Waals surface area contributed by atoms with Crippen molar-refractivity contribution in [3.05, 3.63) is 29.8 Å². The van der Waals surface area contributed by atoms with Gasteiger partial charge in [-0.25, -0.2) is 0 Å². The van der Waals surface area contributed by atoms with Gasteiger partial charge in [0.25, 0.3) is 0 Å². The maximum absolute atomic E-state index is 11.3. The smallest absolute Gasteiger partial charge is 0.320 e. The minimum Gasteiger partial charge on any atom is -0.465 e. The van der Waals surface area contributed by atoms with E-state index in [-0.39, 0.29) is 5.97 Å². The topological polar surface area (TPSA) is 29.5 Å². The van der Waals surface area contributed by atoms with Crippen molar-refractivity contribution in [3.8, 4) is 0 Å². The Morgan fingerprint density at radius 1 is 1.28 bits per heavy atom. The maximum atomic E-state index is 11.3. The largest absolute Gasteiger partial charge is 0.465 e. The Hall–Kier alpha value is -1.00. The van der Waals surface area contributed by atoms with Crippen molar-refractivity contribution in [1.82, 2.24) is 4.90 Å². The van der Waals surface area contributed by atoms with Gasteiger partial charge in [-0.15, -0.1) is 11.8 Å². The summed E-state index contributed by atoms with van der Waals surface area (Å²) in [4.78, 5) is 14.6. The van der Waals surface area contributed by atoms with Crippen LogP contribution in [-0.4, -0.2) is 36.8 Å². The first-order valence-electron chi connectivity index (χ1n) is 6.21. The van der Waals surface area contributed by atoms with Crippen LogP contribution >= 0.6 is 11.8 Å². The molecule has 0 saturated heterocycles. The fraction of sp³-hybridized carbons (Fsp3) is 0.500. The minimum atomic E-state index is -0.168. The van der Waals surface area contributed by atoms with Gasteiger partial charge in [0, 0.05) is 11.4 Å². The lowest BCUT2D eigenvalue weighted by molar-refractivity contribution is -0.144. The zero-order chi connectivity index (χ0) is 13.4. The van der Waals surface area contributed by atoms with Crippen molar-refractivity contribution in [2.45, 2.75) is 25.3 Å². The Morgan fingerprint density at radius 2 is 1.94 bits per heavy atom. The summed E-state index contributed by atoms with van der Waals surface area (Å²) in [7, 11) is 1.92. The third kappa shape index (κ3) is 5.56. The van der Waals surface area contributed by atoms with Gasteiger partial charge in [0.1, 0.15) is 0 Å². The number of esters is 1. The molecule has 4 heteroatoms. The molecular weight excluding hydrogens is 246 g/mol. The number of hydrogen-bond acceptors (Lipinski definition) is 4. The zero-order valence-corrected chi connectivity index (χ0v) is 12.1. The van der Waals surface area contributed by atoms with E-state index < -0.39 is 0 Å². The van der Waals surface area contributed by atoms with E-state index in [4.69, 9.17) is 4.74 Å². The van der Waals surface area contributed by atoms with Crippen molar-refractivity contribution < 1.29 is 9.53 Å². The Labute approximate surface area is 114 Å². The predicted octanol–water partition coefficient (Wildman–Crippen LogP) is 2.79. The standard InChI is InChI=1S/C14H21NO2S/c1-4-17-14(16)11-15(3)10-12-6-8-13(9-7-12)18-5-2/h6-9H,4-5,10-11H2,1-3H3. The van der Waals surface area contributed by atoms with Crippen molar-refractivity contribution in [2.75, 3.05) is 26.0 Å². The summed E-state index contributed by atoms with van der Waals surface area (Å²) in [6.45, 7) is 5.50. The van der Waals surface area contributed by atoms with Gasteiger partial charge in [-0.05, 0) is 37.4 Å². The maximum Gasteiger partial charge on any atom is 0.320 e. The summed E-state index contributed by atoms with van der Waals surface area (Å²) in [6, 6.07) is 8.47. The molecule has 0 fully saturated rings. The van der Waals surface area contributed by atoms with Crippen molar-refractivity contribution in [3.63, 3.8) is 0 Å². The van der Waals surface area contributed by atoms with E-state index in [2.05, 4.69) is 31.2 Å². The molecular formula is C14H21NO2S. The second-order valence-corrected chi connectivity index (χ2v) is 5.39. The fourth-order valence-corrected chi connectivity index (χ4v) is 2.31. The average molecular weight is 267 g/mol. The van der Waals surface area contributed by atoms with Crippen LogP contribution in [0.4, 0.5) is 0 Å². The van der Waals surface area contributed by atoms with Gasteiger partial charge in [-0.1, -0.05) is 19.1 Å². The normalized spacial score (nSPS) is 10.7. The zero-order valence-electron chi connectivity index (χ0n) is 11.3. The van der Waals surface area contributed by atoms with Crippen LogP contribution in [0, 0.1) is 0 Å². The molecule has 0 radical (unpaired) electrons. The molecule has 0 aliphatic rings. The number of benzene rings is 1. The van der Waals surface area contributed by atoms with Gasteiger partial charge >= 0.3 is 5.97 Å². The van der Waals surface area contributed by atoms with E-state index in [1.54, 1.807) is 0 Å². The van der Waals surface area contributed by atoms with E-state index in [0.29, 0.717) is 13.2 Å². The SMILES string of the molecule is CCOC(=O)CN(C)Cc1ccc(SCC)cc1. The molecule has 0 unspecified atom stereocenters. The predicted molar refractivity (Wildman–Crippen MR) is 75.8 cm³/mol. The van der Waals surface area contributed by atoms with Gasteiger partial charge < -0.3 is 4.74 Å². The van der Waals surface area contributed by atoms with Crippen molar-refractivity contribution >= 4 is 17.7 Å². The Balaban J connectivity index is 2.43. The first-order chi connectivity index (χ1) is 8.65. The van der Waals surface area contributed by atoms with E-state index >= 15 is 0 Å². The second-order valence-electron chi connectivity index (χ2n) is 4.05. The second kappa shape index (κ2) is 8.16. The van der Waals surface area contributed by atoms with Crippen LogP contribution in [-0.2, 0) is 16.1 Å². The quantitative estimate of drug-likeness (QED) is 0.561. The molecule has 0 saturated carbocycles. The molecule has 0 atom stereocenters. The van der Waals surface area contributed by atoms with Gasteiger partial charge in [0.15, 0.2) is 0 Å². The summed E-state index contributed by atoms with van der Waals surface area (Å²) >= 11 is 1.83. The first kappa shape index (κ1) is 15.1. The van der Waals surface area contributed by atoms with E-state index in [1.165, 1.54) is 10.5 Å². The van der Waals surface area contributed by atoms with Crippen LogP contribution in [0.3, 0.4) is 0 Å². The molecule has 18 heavy (non-hydrogen) atoms. The van der Waals surface area contributed by atoms with Gasteiger partial charge in [0.2, 0.25) is 0 Å². The molecule has 1 rings (SSSR count). The number of thioether (sulfide) groups is 1. The van der Waals surface area contributed by atoms with E-state index in [9.17, 15) is 4.79 Å². The number of ether oxygens (including phenoxy) is 1. The van der Waals surface area contributed by atoms with Crippen molar-refractivity contribution in [1.29, 1.82) is 0 Å². The molecule has 0 N–H and O–H groups in total. The molecule has 0 aliphatic heterocycles. The number of rotatable bonds is 7. The molecule has 0 aromatic heterocycles. The summed E-state index contributed by atoms with van der Waals surface area (Å²) < 4.78 is 4.92. The van der Waals surface area contributed by atoms with Crippen LogP contribution < -0.4 is 0 Å². The van der Waals surface area contributed by atoms with Crippen molar-refractivity contribution in [2.24, 2.45) is 0 Å². The highest BCUT2D eigenvalue weighted by Gasteiger charge is 2.07. The molecule has 1 aromatic rings. The van der Waals surface area contributed by atoms with Crippen LogP contribution in [0.1, 0.15) is 19.4 Å². The van der Waals surface area contributed by atoms with Crippen LogP contribution in [0.2, 0.25) is 0 Å². The number of likely N-dealkylation sites (N-methyl/N-ethyl adjacent to an activating group) is 1. The summed E-state index contributed by atoms with van der Waals surface area (Å²) in [6.07, 6.45) is 0. The van der Waals surface area contributed by atoms with Gasteiger partial charge in [0.05, 0.1) is 13.2 Å². The number of carbonyl (C=O) groups excluding carboxylic acids is 1. The summed E-state index contributed by atoms with van der Waals surface area (Å²) in [5.41, 5.74) is 1.21. The molecule has 0 amide bonds. The molecule has 0 spiro atoms. The van der Waals surface area contributed by atoms with E-state index in [1.807, 2.05) is 30.6 Å². The molecule has 3 nitrogen and oxygen atoms in total. The lowest BCUT2D eigenvalue weighted by Crippen LogP contribution is -2.26.